The smallest absolute Gasteiger partial charge is 0.217 e. The Labute approximate surface area is 140 Å². The van der Waals surface area contributed by atoms with Gasteiger partial charge in [0.25, 0.3) is 0 Å². The molecule has 6 N–H and O–H groups in total. The molecule has 4 atom stereocenters. The van der Waals surface area contributed by atoms with Crippen LogP contribution in [0, 0.1) is 0 Å². The van der Waals surface area contributed by atoms with Gasteiger partial charge in [0.2, 0.25) is 5.91 Å². The molecular formula is C14H18BrN3O5. The van der Waals surface area contributed by atoms with Gasteiger partial charge in [0.05, 0.1) is 17.6 Å². The normalized spacial score (nSPS) is 16.8. The Kier molecular flexibility index (Phi) is 5.71. The van der Waals surface area contributed by atoms with E-state index in [9.17, 15) is 20.1 Å². The van der Waals surface area contributed by atoms with E-state index in [1.54, 1.807) is 18.2 Å². The van der Waals surface area contributed by atoms with Crippen LogP contribution in [0.25, 0.3) is 11.0 Å². The number of fused-ring (bicyclic) bond motifs is 1. The van der Waals surface area contributed by atoms with Crippen LogP contribution in [-0.2, 0) is 4.79 Å². The molecule has 0 radical (unpaired) electrons. The Hall–Kier alpha value is -1.52. The van der Waals surface area contributed by atoms with Crippen LogP contribution < -0.4 is 5.32 Å². The average molecular weight is 388 g/mol. The van der Waals surface area contributed by atoms with Crippen LogP contribution in [-0.4, -0.2) is 61.2 Å². The first kappa shape index (κ1) is 17.8. The number of H-pyrrole nitrogens is 1. The summed E-state index contributed by atoms with van der Waals surface area (Å²) in [5, 5.41) is 41.0. The highest BCUT2D eigenvalue weighted by atomic mass is 79.9. The van der Waals surface area contributed by atoms with Crippen LogP contribution in [0.5, 0.6) is 0 Å². The molecule has 8 nitrogen and oxygen atoms in total. The molecule has 9 heteroatoms. The van der Waals surface area contributed by atoms with Crippen molar-refractivity contribution in [3.05, 3.63) is 28.5 Å². The largest absolute Gasteiger partial charge is 0.394 e. The number of imidazole rings is 1. The SMILES string of the molecule is CC(=O)N[C@@H](c1nc2ccc(Br)cc2[nH]1)[C@@H](O)[C@@H](O)[C@H](O)CO. The maximum Gasteiger partial charge on any atom is 0.217 e. The molecule has 2 aromatic rings. The molecule has 1 aromatic carbocycles. The van der Waals surface area contributed by atoms with E-state index in [-0.39, 0.29) is 5.82 Å². The van der Waals surface area contributed by atoms with Gasteiger partial charge in [-0.1, -0.05) is 15.9 Å². The monoisotopic (exact) mass is 387 g/mol. The zero-order valence-corrected chi connectivity index (χ0v) is 13.9. The maximum absolute atomic E-state index is 11.4. The number of aromatic nitrogens is 2. The number of hydrogen-bond acceptors (Lipinski definition) is 6. The zero-order chi connectivity index (χ0) is 17.1. The van der Waals surface area contributed by atoms with Crippen molar-refractivity contribution < 1.29 is 25.2 Å². The summed E-state index contributed by atoms with van der Waals surface area (Å²) in [5.41, 5.74) is 1.29. The molecule has 1 aromatic heterocycles. The molecule has 0 fully saturated rings. The van der Waals surface area contributed by atoms with Gasteiger partial charge >= 0.3 is 0 Å². The fourth-order valence-electron chi connectivity index (χ4n) is 2.22. The molecule has 0 bridgehead atoms. The first-order valence-corrected chi connectivity index (χ1v) is 7.70. The van der Waals surface area contributed by atoms with Crippen LogP contribution in [0.15, 0.2) is 22.7 Å². The van der Waals surface area contributed by atoms with E-state index >= 15 is 0 Å². The standard InChI is InChI=1S/C14H18BrN3O5/c1-6(20)16-11(13(23)12(22)10(21)5-19)14-17-8-3-2-7(15)4-9(8)18-14/h2-4,10-13,19,21-23H,5H2,1H3,(H,16,20)(H,17,18)/t10-,11-,12+,13-/m1/s1. The van der Waals surface area contributed by atoms with Crippen molar-refractivity contribution in [1.82, 2.24) is 15.3 Å². The third-order valence-electron chi connectivity index (χ3n) is 3.39. The van der Waals surface area contributed by atoms with Crippen molar-refractivity contribution in [2.75, 3.05) is 6.61 Å². The quantitative estimate of drug-likeness (QED) is 0.397. The second kappa shape index (κ2) is 7.37. The summed E-state index contributed by atoms with van der Waals surface area (Å²) >= 11 is 3.33. The van der Waals surface area contributed by atoms with Gasteiger partial charge in [-0.2, -0.15) is 0 Å². The number of carbonyl (C=O) groups is 1. The number of aromatic amines is 1. The number of nitrogens with zero attached hydrogens (tertiary/aromatic N) is 1. The summed E-state index contributed by atoms with van der Waals surface area (Å²) in [4.78, 5) is 18.7. The van der Waals surface area contributed by atoms with Gasteiger partial charge < -0.3 is 30.7 Å². The summed E-state index contributed by atoms with van der Waals surface area (Å²) in [6.07, 6.45) is -4.76. The van der Waals surface area contributed by atoms with Crippen molar-refractivity contribution >= 4 is 32.9 Å². The molecule has 0 aliphatic heterocycles. The Morgan fingerprint density at radius 2 is 2.04 bits per heavy atom. The number of amides is 1. The lowest BCUT2D eigenvalue weighted by atomic mass is 10.0. The first-order chi connectivity index (χ1) is 10.8. The highest BCUT2D eigenvalue weighted by Crippen LogP contribution is 2.23. The van der Waals surface area contributed by atoms with Gasteiger partial charge in [-0.05, 0) is 18.2 Å². The molecule has 0 aliphatic carbocycles. The van der Waals surface area contributed by atoms with Crippen molar-refractivity contribution in [2.24, 2.45) is 0 Å². The number of aliphatic hydroxyl groups excluding tert-OH is 4. The van der Waals surface area contributed by atoms with E-state index in [1.165, 1.54) is 6.92 Å². The first-order valence-electron chi connectivity index (χ1n) is 6.90. The number of hydrogen-bond donors (Lipinski definition) is 6. The summed E-state index contributed by atoms with van der Waals surface area (Å²) in [6, 6.07) is 4.24. The minimum atomic E-state index is -1.66. The van der Waals surface area contributed by atoms with Crippen LogP contribution in [0.3, 0.4) is 0 Å². The minimum Gasteiger partial charge on any atom is -0.394 e. The summed E-state index contributed by atoms with van der Waals surface area (Å²) in [7, 11) is 0. The van der Waals surface area contributed by atoms with E-state index in [0.29, 0.717) is 11.0 Å². The number of benzene rings is 1. The molecule has 126 valence electrons. The Morgan fingerprint density at radius 1 is 1.35 bits per heavy atom. The number of halogens is 1. The van der Waals surface area contributed by atoms with Gasteiger partial charge in [-0.25, -0.2) is 4.98 Å². The average Bonchev–Trinajstić information content (AvgIpc) is 2.92. The zero-order valence-electron chi connectivity index (χ0n) is 12.3. The summed E-state index contributed by atoms with van der Waals surface area (Å²) in [6.45, 7) is 0.534. The molecular weight excluding hydrogens is 370 g/mol. The fraction of sp³-hybridized carbons (Fsp3) is 0.429. The predicted molar refractivity (Wildman–Crippen MR) is 85.5 cm³/mol. The Bertz CT molecular complexity index is 692. The van der Waals surface area contributed by atoms with Crippen molar-refractivity contribution in [3.8, 4) is 0 Å². The van der Waals surface area contributed by atoms with Gasteiger partial charge in [0.1, 0.15) is 30.2 Å². The highest BCUT2D eigenvalue weighted by Gasteiger charge is 2.34. The number of rotatable bonds is 6. The lowest BCUT2D eigenvalue weighted by Gasteiger charge is -2.28. The third-order valence-corrected chi connectivity index (χ3v) is 3.88. The van der Waals surface area contributed by atoms with Crippen LogP contribution in [0.2, 0.25) is 0 Å². The van der Waals surface area contributed by atoms with Crippen molar-refractivity contribution in [1.29, 1.82) is 0 Å². The van der Waals surface area contributed by atoms with Crippen molar-refractivity contribution in [2.45, 2.75) is 31.3 Å². The number of aliphatic hydroxyl groups is 4. The molecule has 0 unspecified atom stereocenters. The van der Waals surface area contributed by atoms with E-state index < -0.39 is 36.9 Å². The second-order valence-corrected chi connectivity index (χ2v) is 6.11. The maximum atomic E-state index is 11.4. The molecule has 0 aliphatic rings. The van der Waals surface area contributed by atoms with Crippen LogP contribution in [0.1, 0.15) is 18.8 Å². The summed E-state index contributed by atoms with van der Waals surface area (Å²) in [5.74, 6) is -0.216. The van der Waals surface area contributed by atoms with E-state index in [0.717, 1.165) is 4.47 Å². The Balaban J connectivity index is 2.37. The molecule has 0 spiro atoms. The predicted octanol–water partition coefficient (Wildman–Crippen LogP) is -0.422. The molecule has 1 heterocycles. The topological polar surface area (TPSA) is 139 Å². The van der Waals surface area contributed by atoms with E-state index in [1.807, 2.05) is 0 Å². The molecule has 1 amide bonds. The van der Waals surface area contributed by atoms with E-state index in [2.05, 4.69) is 31.2 Å². The lowest BCUT2D eigenvalue weighted by Crippen LogP contribution is -2.47. The van der Waals surface area contributed by atoms with Crippen LogP contribution in [0.4, 0.5) is 0 Å². The molecule has 2 rings (SSSR count). The fourth-order valence-corrected chi connectivity index (χ4v) is 2.58. The van der Waals surface area contributed by atoms with Gasteiger partial charge in [0, 0.05) is 11.4 Å². The summed E-state index contributed by atoms with van der Waals surface area (Å²) < 4.78 is 0.826. The van der Waals surface area contributed by atoms with Gasteiger partial charge in [-0.15, -0.1) is 0 Å². The molecule has 0 saturated heterocycles. The Morgan fingerprint density at radius 3 is 2.65 bits per heavy atom. The highest BCUT2D eigenvalue weighted by molar-refractivity contribution is 9.10. The minimum absolute atomic E-state index is 0.227. The third kappa shape index (κ3) is 4.06. The molecule has 0 saturated carbocycles. The van der Waals surface area contributed by atoms with Gasteiger partial charge in [-0.3, -0.25) is 4.79 Å². The second-order valence-electron chi connectivity index (χ2n) is 5.19. The number of carbonyl (C=O) groups excluding carboxylic acids is 1. The number of nitrogens with one attached hydrogen (secondary N) is 2. The van der Waals surface area contributed by atoms with Crippen LogP contribution >= 0.6 is 15.9 Å². The molecule has 23 heavy (non-hydrogen) atoms. The lowest BCUT2D eigenvalue weighted by molar-refractivity contribution is -0.123. The van der Waals surface area contributed by atoms with Gasteiger partial charge in [0.15, 0.2) is 0 Å². The van der Waals surface area contributed by atoms with E-state index in [4.69, 9.17) is 5.11 Å². The van der Waals surface area contributed by atoms with Crippen molar-refractivity contribution in [3.63, 3.8) is 0 Å².